The molecule has 8 heteroatoms. The summed E-state index contributed by atoms with van der Waals surface area (Å²) < 4.78 is 39.0. The molecule has 190 valence electrons. The molecule has 0 aliphatic rings. The van der Waals surface area contributed by atoms with Crippen LogP contribution in [-0.4, -0.2) is 27.5 Å². The Hall–Kier alpha value is -4.30. The van der Waals surface area contributed by atoms with Crippen LogP contribution in [0.2, 0.25) is 0 Å². The van der Waals surface area contributed by atoms with E-state index in [1.165, 1.54) is 19.2 Å². The average Bonchev–Trinajstić information content (AvgIpc) is 2.93. The first kappa shape index (κ1) is 25.8. The zero-order chi connectivity index (χ0) is 26.3. The Kier molecular flexibility index (Phi) is 8.10. The Morgan fingerprint density at radius 1 is 0.757 bits per heavy atom. The van der Waals surface area contributed by atoms with E-state index < -0.39 is 16.1 Å². The molecule has 0 saturated carbocycles. The molecule has 4 aromatic rings. The third kappa shape index (κ3) is 6.68. The van der Waals surface area contributed by atoms with E-state index in [2.05, 4.69) is 10.0 Å². The molecule has 0 aliphatic carbocycles. The van der Waals surface area contributed by atoms with Gasteiger partial charge in [-0.3, -0.25) is 9.52 Å². The van der Waals surface area contributed by atoms with Crippen molar-refractivity contribution in [2.75, 3.05) is 17.1 Å². The summed E-state index contributed by atoms with van der Waals surface area (Å²) >= 11 is 0. The second-order valence-electron chi connectivity index (χ2n) is 8.25. The fourth-order valence-electron chi connectivity index (χ4n) is 3.66. The highest BCUT2D eigenvalue weighted by Crippen LogP contribution is 2.24. The quantitative estimate of drug-likeness (QED) is 0.271. The van der Waals surface area contributed by atoms with Gasteiger partial charge in [0.1, 0.15) is 11.5 Å². The predicted molar refractivity (Wildman–Crippen MR) is 145 cm³/mol. The standard InChI is InChI=1S/C29H28N2O5S/c1-3-28(36-26-15-9-22(10-16-26)21-7-5-4-6-8-21)29(32)30-23-13-19-27(20-14-23)37(33,34)31-24-11-17-25(35-2)18-12-24/h4-20,28,31H,3H2,1-2H3,(H,30,32). The molecule has 0 heterocycles. The maximum atomic E-state index is 12.8. The van der Waals surface area contributed by atoms with E-state index in [-0.39, 0.29) is 10.8 Å². The second-order valence-corrected chi connectivity index (χ2v) is 9.94. The van der Waals surface area contributed by atoms with Crippen LogP contribution in [0, 0.1) is 0 Å². The molecule has 0 fully saturated rings. The highest BCUT2D eigenvalue weighted by atomic mass is 32.2. The summed E-state index contributed by atoms with van der Waals surface area (Å²) in [6.07, 6.45) is -0.243. The summed E-state index contributed by atoms with van der Waals surface area (Å²) in [6, 6.07) is 30.1. The van der Waals surface area contributed by atoms with Gasteiger partial charge in [0.05, 0.1) is 12.0 Å². The molecule has 0 saturated heterocycles. The number of benzene rings is 4. The van der Waals surface area contributed by atoms with Crippen molar-refractivity contribution in [3.05, 3.63) is 103 Å². The van der Waals surface area contributed by atoms with E-state index in [4.69, 9.17) is 9.47 Å². The number of sulfonamides is 1. The minimum atomic E-state index is -3.79. The van der Waals surface area contributed by atoms with Crippen molar-refractivity contribution in [2.45, 2.75) is 24.3 Å². The van der Waals surface area contributed by atoms with E-state index in [0.717, 1.165) is 11.1 Å². The fourth-order valence-corrected chi connectivity index (χ4v) is 4.72. The van der Waals surface area contributed by atoms with Gasteiger partial charge in [-0.1, -0.05) is 49.4 Å². The Labute approximate surface area is 217 Å². The number of hydrogen-bond donors (Lipinski definition) is 2. The SMILES string of the molecule is CCC(Oc1ccc(-c2ccccc2)cc1)C(=O)Nc1ccc(S(=O)(=O)Nc2ccc(OC)cc2)cc1. The molecule has 0 radical (unpaired) electrons. The molecular weight excluding hydrogens is 488 g/mol. The molecule has 7 nitrogen and oxygen atoms in total. The van der Waals surface area contributed by atoms with Gasteiger partial charge < -0.3 is 14.8 Å². The fraction of sp³-hybridized carbons (Fsp3) is 0.138. The lowest BCUT2D eigenvalue weighted by molar-refractivity contribution is -0.122. The van der Waals surface area contributed by atoms with Gasteiger partial charge in [-0.05, 0) is 78.2 Å². The minimum Gasteiger partial charge on any atom is -0.497 e. The number of ether oxygens (including phenoxy) is 2. The van der Waals surface area contributed by atoms with Crippen LogP contribution in [0.4, 0.5) is 11.4 Å². The topological polar surface area (TPSA) is 93.7 Å². The lowest BCUT2D eigenvalue weighted by atomic mass is 10.1. The second kappa shape index (κ2) is 11.6. The van der Waals surface area contributed by atoms with Crippen LogP contribution in [0.1, 0.15) is 13.3 Å². The molecule has 1 atom stereocenters. The zero-order valence-corrected chi connectivity index (χ0v) is 21.4. The lowest BCUT2D eigenvalue weighted by Crippen LogP contribution is -2.32. The molecule has 1 unspecified atom stereocenters. The highest BCUT2D eigenvalue weighted by molar-refractivity contribution is 7.92. The first-order valence-corrected chi connectivity index (χ1v) is 13.3. The van der Waals surface area contributed by atoms with Crippen molar-refractivity contribution < 1.29 is 22.7 Å². The van der Waals surface area contributed by atoms with E-state index in [1.54, 1.807) is 36.4 Å². The van der Waals surface area contributed by atoms with Crippen LogP contribution >= 0.6 is 0 Å². The van der Waals surface area contributed by atoms with E-state index in [0.29, 0.717) is 29.3 Å². The molecule has 0 aliphatic heterocycles. The van der Waals surface area contributed by atoms with E-state index >= 15 is 0 Å². The molecular formula is C29H28N2O5S. The Morgan fingerprint density at radius 3 is 1.92 bits per heavy atom. The number of hydrogen-bond acceptors (Lipinski definition) is 5. The van der Waals surface area contributed by atoms with Crippen LogP contribution in [0.25, 0.3) is 11.1 Å². The number of rotatable bonds is 10. The Bertz CT molecular complexity index is 1420. The van der Waals surface area contributed by atoms with Crippen LogP contribution in [0.15, 0.2) is 108 Å². The summed E-state index contributed by atoms with van der Waals surface area (Å²) in [6.45, 7) is 1.86. The Morgan fingerprint density at radius 2 is 1.32 bits per heavy atom. The third-order valence-corrected chi connectivity index (χ3v) is 7.07. The summed E-state index contributed by atoms with van der Waals surface area (Å²) in [5.74, 6) is 0.899. The smallest absolute Gasteiger partial charge is 0.265 e. The van der Waals surface area contributed by atoms with Gasteiger partial charge in [-0.15, -0.1) is 0 Å². The zero-order valence-electron chi connectivity index (χ0n) is 20.5. The van der Waals surface area contributed by atoms with Gasteiger partial charge in [-0.2, -0.15) is 0 Å². The van der Waals surface area contributed by atoms with Gasteiger partial charge in [0, 0.05) is 11.4 Å². The van der Waals surface area contributed by atoms with Gasteiger partial charge >= 0.3 is 0 Å². The molecule has 0 spiro atoms. The monoisotopic (exact) mass is 516 g/mol. The van der Waals surface area contributed by atoms with Gasteiger partial charge in [0.15, 0.2) is 6.10 Å². The van der Waals surface area contributed by atoms with Gasteiger partial charge in [-0.25, -0.2) is 8.42 Å². The van der Waals surface area contributed by atoms with Crippen LogP contribution in [0.3, 0.4) is 0 Å². The molecule has 4 aromatic carbocycles. The highest BCUT2D eigenvalue weighted by Gasteiger charge is 2.20. The summed E-state index contributed by atoms with van der Waals surface area (Å²) in [7, 11) is -2.25. The molecule has 2 N–H and O–H groups in total. The van der Waals surface area contributed by atoms with Crippen molar-refractivity contribution in [1.82, 2.24) is 0 Å². The minimum absolute atomic E-state index is 0.0723. The van der Waals surface area contributed by atoms with Crippen molar-refractivity contribution >= 4 is 27.3 Å². The lowest BCUT2D eigenvalue weighted by Gasteiger charge is -2.18. The van der Waals surface area contributed by atoms with Crippen molar-refractivity contribution in [1.29, 1.82) is 0 Å². The number of carbonyl (C=O) groups is 1. The first-order chi connectivity index (χ1) is 17.9. The number of nitrogens with one attached hydrogen (secondary N) is 2. The normalized spacial score (nSPS) is 11.8. The largest absolute Gasteiger partial charge is 0.497 e. The maximum absolute atomic E-state index is 12.8. The molecule has 4 rings (SSSR count). The van der Waals surface area contributed by atoms with Crippen LogP contribution in [-0.2, 0) is 14.8 Å². The van der Waals surface area contributed by atoms with Crippen molar-refractivity contribution in [3.8, 4) is 22.6 Å². The predicted octanol–water partition coefficient (Wildman–Crippen LogP) is 5.96. The summed E-state index contributed by atoms with van der Waals surface area (Å²) in [4.78, 5) is 12.9. The third-order valence-electron chi connectivity index (χ3n) is 5.68. The van der Waals surface area contributed by atoms with Gasteiger partial charge in [0.25, 0.3) is 15.9 Å². The van der Waals surface area contributed by atoms with Crippen molar-refractivity contribution in [2.24, 2.45) is 0 Å². The molecule has 1 amide bonds. The number of anilines is 2. The van der Waals surface area contributed by atoms with Crippen LogP contribution in [0.5, 0.6) is 11.5 Å². The van der Waals surface area contributed by atoms with Crippen molar-refractivity contribution in [3.63, 3.8) is 0 Å². The van der Waals surface area contributed by atoms with Crippen LogP contribution < -0.4 is 19.5 Å². The molecule has 0 bridgehead atoms. The molecule has 0 aromatic heterocycles. The van der Waals surface area contributed by atoms with Gasteiger partial charge in [0.2, 0.25) is 0 Å². The number of methoxy groups -OCH3 is 1. The average molecular weight is 517 g/mol. The number of carbonyl (C=O) groups excluding carboxylic acids is 1. The van der Waals surface area contributed by atoms with E-state index in [1.807, 2.05) is 61.5 Å². The van der Waals surface area contributed by atoms with E-state index in [9.17, 15) is 13.2 Å². The molecule has 37 heavy (non-hydrogen) atoms. The number of amides is 1. The Balaban J connectivity index is 1.37. The maximum Gasteiger partial charge on any atom is 0.265 e. The first-order valence-electron chi connectivity index (χ1n) is 11.8. The summed E-state index contributed by atoms with van der Waals surface area (Å²) in [5.41, 5.74) is 3.04. The summed E-state index contributed by atoms with van der Waals surface area (Å²) in [5, 5.41) is 2.80.